The number of rotatable bonds is 8. The van der Waals surface area contributed by atoms with Crippen molar-refractivity contribution in [3.05, 3.63) is 39.9 Å². The van der Waals surface area contributed by atoms with Crippen LogP contribution in [0.25, 0.3) is 0 Å². The van der Waals surface area contributed by atoms with Crippen LogP contribution < -0.4 is 0 Å². The third-order valence-electron chi connectivity index (χ3n) is 2.78. The lowest BCUT2D eigenvalue weighted by Gasteiger charge is -2.04. The lowest BCUT2D eigenvalue weighted by atomic mass is 10.1. The van der Waals surface area contributed by atoms with Crippen LogP contribution in [0, 0.1) is 10.1 Å². The molecule has 5 nitrogen and oxygen atoms in total. The zero-order valence-electron chi connectivity index (χ0n) is 11.1. The van der Waals surface area contributed by atoms with Gasteiger partial charge < -0.3 is 4.74 Å². The van der Waals surface area contributed by atoms with E-state index in [1.165, 1.54) is 6.07 Å². The molecule has 0 atom stereocenters. The van der Waals surface area contributed by atoms with Crippen molar-refractivity contribution in [1.82, 2.24) is 0 Å². The average molecular weight is 265 g/mol. The molecule has 0 radical (unpaired) electrons. The fourth-order valence-corrected chi connectivity index (χ4v) is 1.73. The molecule has 0 unspecified atom stereocenters. The third kappa shape index (κ3) is 5.50. The van der Waals surface area contributed by atoms with Gasteiger partial charge in [0.15, 0.2) is 0 Å². The van der Waals surface area contributed by atoms with Gasteiger partial charge in [-0.2, -0.15) is 0 Å². The smallest absolute Gasteiger partial charge is 0.305 e. The van der Waals surface area contributed by atoms with Gasteiger partial charge in [0.25, 0.3) is 5.69 Å². The molecule has 19 heavy (non-hydrogen) atoms. The molecule has 0 aromatic heterocycles. The maximum Gasteiger partial charge on any atom is 0.305 e. The third-order valence-corrected chi connectivity index (χ3v) is 2.78. The van der Waals surface area contributed by atoms with E-state index < -0.39 is 4.92 Å². The first-order chi connectivity index (χ1) is 9.15. The maximum absolute atomic E-state index is 11.4. The highest BCUT2D eigenvalue weighted by Gasteiger charge is 2.12. The molecular weight excluding hydrogens is 246 g/mol. The van der Waals surface area contributed by atoms with Gasteiger partial charge in [0.2, 0.25) is 0 Å². The molecule has 0 heterocycles. The summed E-state index contributed by atoms with van der Waals surface area (Å²) < 4.78 is 5.03. The highest BCUT2D eigenvalue weighted by Crippen LogP contribution is 2.19. The summed E-state index contributed by atoms with van der Waals surface area (Å²) in [5.74, 6) is -0.230. The van der Waals surface area contributed by atoms with Crippen LogP contribution in [0.5, 0.6) is 0 Å². The summed E-state index contributed by atoms with van der Waals surface area (Å²) in [6.45, 7) is 2.49. The fourth-order valence-electron chi connectivity index (χ4n) is 1.73. The summed E-state index contributed by atoms with van der Waals surface area (Å²) in [6, 6.07) is 6.61. The van der Waals surface area contributed by atoms with Gasteiger partial charge in [-0.05, 0) is 19.3 Å². The predicted octanol–water partition coefficient (Wildman–Crippen LogP) is 3.26. The van der Waals surface area contributed by atoms with Gasteiger partial charge in [-0.3, -0.25) is 14.9 Å². The molecule has 0 saturated carbocycles. The Morgan fingerprint density at radius 1 is 1.32 bits per heavy atom. The molecule has 1 rings (SSSR count). The van der Waals surface area contributed by atoms with E-state index in [1.54, 1.807) is 18.2 Å². The second-order valence-corrected chi connectivity index (χ2v) is 4.31. The lowest BCUT2D eigenvalue weighted by Crippen LogP contribution is -2.06. The minimum atomic E-state index is -0.394. The number of carbonyl (C=O) groups is 1. The zero-order chi connectivity index (χ0) is 14.1. The van der Waals surface area contributed by atoms with Crippen LogP contribution >= 0.6 is 0 Å². The number of aryl methyl sites for hydroxylation is 1. The normalized spacial score (nSPS) is 10.2. The number of nitrogens with zero attached hydrogens (tertiary/aromatic N) is 1. The minimum absolute atomic E-state index is 0.113. The first-order valence-electron chi connectivity index (χ1n) is 6.53. The van der Waals surface area contributed by atoms with E-state index in [0.717, 1.165) is 12.8 Å². The molecule has 0 aliphatic rings. The molecule has 5 heteroatoms. The van der Waals surface area contributed by atoms with Gasteiger partial charge in [-0.25, -0.2) is 0 Å². The van der Waals surface area contributed by atoms with Gasteiger partial charge in [0, 0.05) is 18.1 Å². The highest BCUT2D eigenvalue weighted by molar-refractivity contribution is 5.69. The van der Waals surface area contributed by atoms with Crippen molar-refractivity contribution in [2.75, 3.05) is 6.61 Å². The monoisotopic (exact) mass is 265 g/mol. The maximum atomic E-state index is 11.4. The van der Waals surface area contributed by atoms with Crippen LogP contribution in [0.4, 0.5) is 5.69 Å². The molecule has 0 aliphatic heterocycles. The zero-order valence-corrected chi connectivity index (χ0v) is 11.1. The molecule has 0 fully saturated rings. The van der Waals surface area contributed by atoms with Crippen molar-refractivity contribution in [3.63, 3.8) is 0 Å². The van der Waals surface area contributed by atoms with Gasteiger partial charge in [0.1, 0.15) is 0 Å². The lowest BCUT2D eigenvalue weighted by molar-refractivity contribution is -0.385. The SMILES string of the molecule is CCCCOC(=O)CCCc1ccccc1[N+](=O)[O-]. The number of hydrogen-bond acceptors (Lipinski definition) is 4. The van der Waals surface area contributed by atoms with Crippen LogP contribution in [0.15, 0.2) is 24.3 Å². The molecule has 0 bridgehead atoms. The van der Waals surface area contributed by atoms with Crippen LogP contribution in [0.2, 0.25) is 0 Å². The van der Waals surface area contributed by atoms with E-state index in [9.17, 15) is 14.9 Å². The van der Waals surface area contributed by atoms with E-state index in [2.05, 4.69) is 0 Å². The summed E-state index contributed by atoms with van der Waals surface area (Å²) >= 11 is 0. The Labute approximate surface area is 112 Å². The van der Waals surface area contributed by atoms with E-state index in [0.29, 0.717) is 31.4 Å². The second kappa shape index (κ2) is 8.24. The van der Waals surface area contributed by atoms with Crippen molar-refractivity contribution in [2.45, 2.75) is 39.0 Å². The molecule has 1 aromatic carbocycles. The Morgan fingerprint density at radius 3 is 2.74 bits per heavy atom. The van der Waals surface area contributed by atoms with Crippen LogP contribution in [0.1, 0.15) is 38.2 Å². The van der Waals surface area contributed by atoms with Gasteiger partial charge in [-0.15, -0.1) is 0 Å². The number of esters is 1. The van der Waals surface area contributed by atoms with Crippen molar-refractivity contribution >= 4 is 11.7 Å². The molecule has 0 amide bonds. The predicted molar refractivity (Wildman–Crippen MR) is 71.9 cm³/mol. The second-order valence-electron chi connectivity index (χ2n) is 4.31. The van der Waals surface area contributed by atoms with Crippen molar-refractivity contribution in [2.24, 2.45) is 0 Å². The summed E-state index contributed by atoms with van der Waals surface area (Å²) in [6.07, 6.45) is 3.24. The van der Waals surface area contributed by atoms with E-state index in [1.807, 2.05) is 6.92 Å². The number of benzene rings is 1. The molecule has 104 valence electrons. The van der Waals surface area contributed by atoms with E-state index in [-0.39, 0.29) is 11.7 Å². The molecule has 0 N–H and O–H groups in total. The Morgan fingerprint density at radius 2 is 2.05 bits per heavy atom. The fraction of sp³-hybridized carbons (Fsp3) is 0.500. The van der Waals surface area contributed by atoms with Gasteiger partial charge >= 0.3 is 5.97 Å². The van der Waals surface area contributed by atoms with E-state index >= 15 is 0 Å². The summed E-state index contributed by atoms with van der Waals surface area (Å²) in [4.78, 5) is 21.8. The summed E-state index contributed by atoms with van der Waals surface area (Å²) in [5.41, 5.74) is 0.774. The van der Waals surface area contributed by atoms with Crippen molar-refractivity contribution in [1.29, 1.82) is 0 Å². The Hall–Kier alpha value is -1.91. The molecule has 0 saturated heterocycles. The van der Waals surface area contributed by atoms with E-state index in [4.69, 9.17) is 4.74 Å². The Kier molecular flexibility index (Phi) is 6.57. The van der Waals surface area contributed by atoms with Crippen LogP contribution in [-0.4, -0.2) is 17.5 Å². The first-order valence-corrected chi connectivity index (χ1v) is 6.53. The Bertz CT molecular complexity index is 431. The number of hydrogen-bond donors (Lipinski definition) is 0. The number of para-hydroxylation sites is 1. The number of nitro benzene ring substituents is 1. The topological polar surface area (TPSA) is 69.4 Å². The van der Waals surface area contributed by atoms with Gasteiger partial charge in [-0.1, -0.05) is 31.5 Å². The molecule has 0 spiro atoms. The number of nitro groups is 1. The number of carbonyl (C=O) groups excluding carboxylic acids is 1. The standard InChI is InChI=1S/C14H19NO4/c1-2-3-11-19-14(16)10-6-8-12-7-4-5-9-13(12)15(17)18/h4-5,7,9H,2-3,6,8,10-11H2,1H3. The minimum Gasteiger partial charge on any atom is -0.466 e. The average Bonchev–Trinajstić information content (AvgIpc) is 2.39. The summed E-state index contributed by atoms with van der Waals surface area (Å²) in [5, 5.41) is 10.8. The van der Waals surface area contributed by atoms with Crippen LogP contribution in [-0.2, 0) is 16.0 Å². The largest absolute Gasteiger partial charge is 0.466 e. The number of unbranched alkanes of at least 4 members (excludes halogenated alkanes) is 1. The van der Waals surface area contributed by atoms with Crippen LogP contribution in [0.3, 0.4) is 0 Å². The summed E-state index contributed by atoms with van der Waals surface area (Å²) in [7, 11) is 0. The Balaban J connectivity index is 2.37. The van der Waals surface area contributed by atoms with Crippen molar-refractivity contribution < 1.29 is 14.5 Å². The molecule has 0 aliphatic carbocycles. The molecular formula is C14H19NO4. The first kappa shape index (κ1) is 15.1. The van der Waals surface area contributed by atoms with Crippen molar-refractivity contribution in [3.8, 4) is 0 Å². The quantitative estimate of drug-likeness (QED) is 0.313. The number of ether oxygens (including phenoxy) is 1. The molecule has 1 aromatic rings. The van der Waals surface area contributed by atoms with Gasteiger partial charge in [0.05, 0.1) is 11.5 Å². The highest BCUT2D eigenvalue weighted by atomic mass is 16.6.